The number of likely N-dealkylation sites (tertiary alicyclic amines) is 1. The van der Waals surface area contributed by atoms with Crippen LogP contribution >= 0.6 is 0 Å². The number of rotatable bonds is 3. The van der Waals surface area contributed by atoms with Crippen molar-refractivity contribution in [3.63, 3.8) is 0 Å². The summed E-state index contributed by atoms with van der Waals surface area (Å²) in [6.07, 6.45) is 2.20. The first kappa shape index (κ1) is 15.5. The number of aromatic nitrogens is 1. The normalized spacial score (nSPS) is 18.2. The zero-order valence-electron chi connectivity index (χ0n) is 14.1. The van der Waals surface area contributed by atoms with Gasteiger partial charge < -0.3 is 15.1 Å². The molecule has 1 aliphatic heterocycles. The highest BCUT2D eigenvalue weighted by Gasteiger charge is 2.27. The van der Waals surface area contributed by atoms with Gasteiger partial charge in [0.05, 0.1) is 0 Å². The molecule has 0 radical (unpaired) electrons. The molecule has 22 heavy (non-hydrogen) atoms. The fourth-order valence-corrected chi connectivity index (χ4v) is 3.48. The number of piperidine rings is 1. The molecule has 1 aromatic carbocycles. The smallest absolute Gasteiger partial charge is 0.198 e. The second-order valence-corrected chi connectivity index (χ2v) is 7.52. The Morgan fingerprint density at radius 3 is 2.59 bits per heavy atom. The molecule has 0 unspecified atom stereocenters. The lowest BCUT2D eigenvalue weighted by atomic mass is 9.95. The van der Waals surface area contributed by atoms with Gasteiger partial charge >= 0.3 is 0 Å². The van der Waals surface area contributed by atoms with Gasteiger partial charge in [-0.25, -0.2) is 4.98 Å². The first-order valence-electron chi connectivity index (χ1n) is 8.21. The highest BCUT2D eigenvalue weighted by molar-refractivity contribution is 5.77. The minimum absolute atomic E-state index is 0.126. The first-order chi connectivity index (χ1) is 10.3. The Labute approximate surface area is 132 Å². The van der Waals surface area contributed by atoms with Gasteiger partial charge in [0, 0.05) is 18.0 Å². The minimum Gasteiger partial charge on any atom is -0.440 e. The van der Waals surface area contributed by atoms with Gasteiger partial charge in [0.15, 0.2) is 11.5 Å². The largest absolute Gasteiger partial charge is 0.440 e. The number of oxazole rings is 1. The fraction of sp³-hybridized carbons (Fsp3) is 0.611. The molecule has 0 atom stereocenters. The molecular formula is C18H27N3O. The number of aryl methyl sites for hydroxylation is 2. The van der Waals surface area contributed by atoms with Crippen molar-refractivity contribution in [1.29, 1.82) is 0 Å². The summed E-state index contributed by atoms with van der Waals surface area (Å²) < 4.78 is 6.08. The van der Waals surface area contributed by atoms with Crippen LogP contribution in [0.3, 0.4) is 0 Å². The molecule has 2 N–H and O–H groups in total. The van der Waals surface area contributed by atoms with E-state index < -0.39 is 0 Å². The average Bonchev–Trinajstić information content (AvgIpc) is 2.81. The number of hydrogen-bond acceptors (Lipinski definition) is 4. The summed E-state index contributed by atoms with van der Waals surface area (Å²) in [5, 5.41) is 0. The molecule has 120 valence electrons. The third-order valence-electron chi connectivity index (χ3n) is 4.40. The van der Waals surface area contributed by atoms with E-state index in [9.17, 15) is 0 Å². The number of nitrogens with zero attached hydrogens (tertiary/aromatic N) is 2. The molecule has 2 heterocycles. The number of hydrogen-bond donors (Lipinski definition) is 1. The highest BCUT2D eigenvalue weighted by Crippen LogP contribution is 2.31. The lowest BCUT2D eigenvalue weighted by Gasteiger charge is -2.34. The quantitative estimate of drug-likeness (QED) is 0.944. The second-order valence-electron chi connectivity index (χ2n) is 7.52. The lowest BCUT2D eigenvalue weighted by Crippen LogP contribution is -2.47. The maximum atomic E-state index is 6.12. The van der Waals surface area contributed by atoms with Crippen molar-refractivity contribution in [2.45, 2.75) is 52.0 Å². The van der Waals surface area contributed by atoms with Gasteiger partial charge in [-0.2, -0.15) is 0 Å². The maximum absolute atomic E-state index is 6.12. The van der Waals surface area contributed by atoms with E-state index >= 15 is 0 Å². The predicted molar refractivity (Wildman–Crippen MR) is 90.2 cm³/mol. The van der Waals surface area contributed by atoms with Crippen molar-refractivity contribution >= 4 is 11.1 Å². The molecule has 0 amide bonds. The monoisotopic (exact) mass is 301 g/mol. The van der Waals surface area contributed by atoms with Gasteiger partial charge in [-0.15, -0.1) is 0 Å². The Hall–Kier alpha value is -1.39. The summed E-state index contributed by atoms with van der Waals surface area (Å²) in [4.78, 5) is 7.20. The van der Waals surface area contributed by atoms with E-state index in [-0.39, 0.29) is 5.54 Å². The molecule has 3 rings (SSSR count). The molecule has 0 bridgehead atoms. The molecule has 1 aromatic heterocycles. The molecule has 1 aliphatic rings. The van der Waals surface area contributed by atoms with Crippen molar-refractivity contribution < 1.29 is 4.42 Å². The van der Waals surface area contributed by atoms with Crippen LogP contribution < -0.4 is 5.73 Å². The SMILES string of the molecule is Cc1cc(C)c2oc(C3CCN(CC(C)(C)N)CC3)nc2c1. The van der Waals surface area contributed by atoms with Crippen LogP contribution in [-0.2, 0) is 0 Å². The summed E-state index contributed by atoms with van der Waals surface area (Å²) >= 11 is 0. The number of fused-ring (bicyclic) bond motifs is 1. The van der Waals surface area contributed by atoms with Crippen LogP contribution in [0.1, 0.15) is 49.6 Å². The standard InChI is InChI=1S/C18H27N3O/c1-12-9-13(2)16-15(10-12)20-17(22-16)14-5-7-21(8-6-14)11-18(3,4)19/h9-10,14H,5-8,11,19H2,1-4H3. The average molecular weight is 301 g/mol. The number of benzene rings is 1. The molecule has 2 aromatic rings. The van der Waals surface area contributed by atoms with Crippen LogP contribution in [0, 0.1) is 13.8 Å². The highest BCUT2D eigenvalue weighted by atomic mass is 16.3. The van der Waals surface area contributed by atoms with Gasteiger partial charge in [-0.1, -0.05) is 6.07 Å². The van der Waals surface area contributed by atoms with E-state index in [0.29, 0.717) is 5.92 Å². The van der Waals surface area contributed by atoms with Gasteiger partial charge in [-0.3, -0.25) is 0 Å². The van der Waals surface area contributed by atoms with Crippen LogP contribution in [-0.4, -0.2) is 35.1 Å². The van der Waals surface area contributed by atoms with Crippen LogP contribution in [0.25, 0.3) is 11.1 Å². The zero-order valence-corrected chi connectivity index (χ0v) is 14.1. The van der Waals surface area contributed by atoms with Crippen molar-refractivity contribution in [1.82, 2.24) is 9.88 Å². The van der Waals surface area contributed by atoms with E-state index in [2.05, 4.69) is 44.7 Å². The molecule has 0 aliphatic carbocycles. The lowest BCUT2D eigenvalue weighted by molar-refractivity contribution is 0.171. The van der Waals surface area contributed by atoms with Crippen molar-refractivity contribution in [3.05, 3.63) is 29.2 Å². The Balaban J connectivity index is 1.73. The molecule has 4 nitrogen and oxygen atoms in total. The molecule has 0 saturated carbocycles. The van der Waals surface area contributed by atoms with E-state index in [1.54, 1.807) is 0 Å². The van der Waals surface area contributed by atoms with E-state index in [1.807, 2.05) is 0 Å². The Morgan fingerprint density at radius 2 is 1.95 bits per heavy atom. The van der Waals surface area contributed by atoms with Gasteiger partial charge in [0.1, 0.15) is 5.52 Å². The minimum atomic E-state index is -0.126. The van der Waals surface area contributed by atoms with Crippen molar-refractivity contribution in [2.24, 2.45) is 5.73 Å². The van der Waals surface area contributed by atoms with Gasteiger partial charge in [0.25, 0.3) is 0 Å². The second kappa shape index (κ2) is 5.67. The molecule has 1 fully saturated rings. The summed E-state index contributed by atoms with van der Waals surface area (Å²) in [6, 6.07) is 4.27. The number of nitrogens with two attached hydrogens (primary N) is 1. The Kier molecular flexibility index (Phi) is 4.00. The van der Waals surface area contributed by atoms with Crippen molar-refractivity contribution in [3.8, 4) is 0 Å². The zero-order chi connectivity index (χ0) is 15.9. The molecule has 4 heteroatoms. The van der Waals surface area contributed by atoms with Crippen LogP contribution in [0.15, 0.2) is 16.5 Å². The van der Waals surface area contributed by atoms with Gasteiger partial charge in [-0.05, 0) is 70.8 Å². The van der Waals surface area contributed by atoms with Crippen LogP contribution in [0.2, 0.25) is 0 Å². The fourth-order valence-electron chi connectivity index (χ4n) is 3.48. The summed E-state index contributed by atoms with van der Waals surface area (Å²) in [5.74, 6) is 1.35. The van der Waals surface area contributed by atoms with E-state index in [0.717, 1.165) is 49.5 Å². The third kappa shape index (κ3) is 3.33. The Bertz CT molecular complexity index is 661. The molecule has 1 saturated heterocycles. The van der Waals surface area contributed by atoms with Crippen molar-refractivity contribution in [2.75, 3.05) is 19.6 Å². The summed E-state index contributed by atoms with van der Waals surface area (Å²) in [6.45, 7) is 11.5. The van der Waals surface area contributed by atoms with E-state index in [4.69, 9.17) is 15.1 Å². The van der Waals surface area contributed by atoms with Gasteiger partial charge in [0.2, 0.25) is 0 Å². The topological polar surface area (TPSA) is 55.3 Å². The van der Waals surface area contributed by atoms with E-state index in [1.165, 1.54) is 11.1 Å². The summed E-state index contributed by atoms with van der Waals surface area (Å²) in [7, 11) is 0. The molecule has 0 spiro atoms. The Morgan fingerprint density at radius 1 is 1.27 bits per heavy atom. The predicted octanol–water partition coefficient (Wildman–Crippen LogP) is 3.36. The molecular weight excluding hydrogens is 274 g/mol. The van der Waals surface area contributed by atoms with Crippen LogP contribution in [0.5, 0.6) is 0 Å². The third-order valence-corrected chi connectivity index (χ3v) is 4.40. The summed E-state index contributed by atoms with van der Waals surface area (Å²) in [5.41, 5.74) is 10.4. The van der Waals surface area contributed by atoms with Crippen LogP contribution in [0.4, 0.5) is 0 Å². The maximum Gasteiger partial charge on any atom is 0.198 e. The first-order valence-corrected chi connectivity index (χ1v) is 8.21.